The highest BCUT2D eigenvalue weighted by Gasteiger charge is 2.44. The van der Waals surface area contributed by atoms with Crippen molar-refractivity contribution in [3.8, 4) is 0 Å². The Labute approximate surface area is 148 Å². The molecule has 1 spiro atoms. The molecular weight excluding hydrogens is 321 g/mol. The van der Waals surface area contributed by atoms with Crippen LogP contribution in [0.25, 0.3) is 0 Å². The van der Waals surface area contributed by atoms with Gasteiger partial charge in [0.1, 0.15) is 5.82 Å². The molecule has 1 saturated carbocycles. The Morgan fingerprint density at radius 2 is 2.04 bits per heavy atom. The second-order valence-electron chi connectivity index (χ2n) is 7.75. The quantitative estimate of drug-likeness (QED) is 0.822. The standard InChI is InChI=1S/C20H26FNO3/c21-18-4-2-1-3-16(18)11-19(23)22-9-7-20(8-10-22)12-17(14-25-20)24-13-15-5-6-15/h1-4,15,17H,5-14H2/t17-/m1/s1. The van der Waals surface area contributed by atoms with Crippen molar-refractivity contribution in [1.82, 2.24) is 4.90 Å². The van der Waals surface area contributed by atoms with Crippen LogP contribution >= 0.6 is 0 Å². The Hall–Kier alpha value is -1.46. The smallest absolute Gasteiger partial charge is 0.227 e. The van der Waals surface area contributed by atoms with Crippen LogP contribution in [0.5, 0.6) is 0 Å². The Bertz CT molecular complexity index is 623. The SMILES string of the molecule is O=C(Cc1ccccc1F)N1CCC2(CC1)C[C@@H](OCC1CC1)CO2. The van der Waals surface area contributed by atoms with Crippen molar-refractivity contribution in [3.05, 3.63) is 35.6 Å². The van der Waals surface area contributed by atoms with Crippen molar-refractivity contribution in [1.29, 1.82) is 0 Å². The third-order valence-electron chi connectivity index (χ3n) is 5.77. The van der Waals surface area contributed by atoms with E-state index in [1.165, 1.54) is 18.9 Å². The Morgan fingerprint density at radius 3 is 2.76 bits per heavy atom. The van der Waals surface area contributed by atoms with E-state index in [1.807, 2.05) is 4.90 Å². The fourth-order valence-corrected chi connectivity index (χ4v) is 3.89. The molecular formula is C20H26FNO3. The first-order chi connectivity index (χ1) is 12.1. The summed E-state index contributed by atoms with van der Waals surface area (Å²) in [6.45, 7) is 2.92. The molecule has 3 fully saturated rings. The van der Waals surface area contributed by atoms with Crippen molar-refractivity contribution in [2.45, 2.75) is 50.2 Å². The summed E-state index contributed by atoms with van der Waals surface area (Å²) in [6, 6.07) is 6.50. The van der Waals surface area contributed by atoms with Crippen LogP contribution in [0, 0.1) is 11.7 Å². The maximum absolute atomic E-state index is 13.7. The number of piperidine rings is 1. The number of benzene rings is 1. The molecule has 1 aromatic carbocycles. The lowest BCUT2D eigenvalue weighted by atomic mass is 9.87. The molecule has 1 atom stereocenters. The van der Waals surface area contributed by atoms with E-state index in [-0.39, 0.29) is 29.9 Å². The van der Waals surface area contributed by atoms with Gasteiger partial charge in [-0.05, 0) is 43.2 Å². The minimum absolute atomic E-state index is 0.000481. The first kappa shape index (κ1) is 17.0. The van der Waals surface area contributed by atoms with E-state index in [0.29, 0.717) is 25.3 Å². The molecule has 0 N–H and O–H groups in total. The van der Waals surface area contributed by atoms with E-state index in [0.717, 1.165) is 31.8 Å². The normalized spacial score (nSPS) is 25.5. The van der Waals surface area contributed by atoms with E-state index < -0.39 is 0 Å². The van der Waals surface area contributed by atoms with E-state index in [9.17, 15) is 9.18 Å². The molecule has 0 radical (unpaired) electrons. The molecule has 2 saturated heterocycles. The maximum Gasteiger partial charge on any atom is 0.227 e. The summed E-state index contributed by atoms with van der Waals surface area (Å²) >= 11 is 0. The Balaban J connectivity index is 1.26. The van der Waals surface area contributed by atoms with Crippen LogP contribution in [0.15, 0.2) is 24.3 Å². The van der Waals surface area contributed by atoms with Gasteiger partial charge in [-0.3, -0.25) is 4.79 Å². The number of ether oxygens (including phenoxy) is 2. The molecule has 0 bridgehead atoms. The molecule has 1 amide bonds. The van der Waals surface area contributed by atoms with E-state index in [4.69, 9.17) is 9.47 Å². The second-order valence-corrected chi connectivity index (χ2v) is 7.75. The van der Waals surface area contributed by atoms with E-state index >= 15 is 0 Å². The summed E-state index contributed by atoms with van der Waals surface area (Å²) in [6.07, 6.45) is 5.58. The number of hydrogen-bond donors (Lipinski definition) is 0. The largest absolute Gasteiger partial charge is 0.375 e. The zero-order chi connectivity index (χ0) is 17.3. The van der Waals surface area contributed by atoms with Crippen LogP contribution < -0.4 is 0 Å². The number of nitrogens with zero attached hydrogens (tertiary/aromatic N) is 1. The second kappa shape index (κ2) is 7.04. The minimum Gasteiger partial charge on any atom is -0.375 e. The van der Waals surface area contributed by atoms with Crippen molar-refractivity contribution in [2.24, 2.45) is 5.92 Å². The van der Waals surface area contributed by atoms with Gasteiger partial charge in [0, 0.05) is 26.1 Å². The Kier molecular flexibility index (Phi) is 4.78. The number of carbonyl (C=O) groups excluding carboxylic acids is 1. The Morgan fingerprint density at radius 1 is 1.28 bits per heavy atom. The highest BCUT2D eigenvalue weighted by atomic mass is 19.1. The average Bonchev–Trinajstić information content (AvgIpc) is 3.37. The third-order valence-corrected chi connectivity index (χ3v) is 5.77. The van der Waals surface area contributed by atoms with Crippen LogP contribution in [0.1, 0.15) is 37.7 Å². The summed E-state index contributed by atoms with van der Waals surface area (Å²) in [5, 5.41) is 0. The van der Waals surface area contributed by atoms with Gasteiger partial charge in [-0.2, -0.15) is 0 Å². The van der Waals surface area contributed by atoms with Gasteiger partial charge in [0.05, 0.1) is 24.7 Å². The van der Waals surface area contributed by atoms with Gasteiger partial charge >= 0.3 is 0 Å². The first-order valence-corrected chi connectivity index (χ1v) is 9.40. The van der Waals surface area contributed by atoms with Crippen molar-refractivity contribution in [2.75, 3.05) is 26.3 Å². The van der Waals surface area contributed by atoms with Gasteiger partial charge in [0.25, 0.3) is 0 Å². The van der Waals surface area contributed by atoms with Gasteiger partial charge in [-0.25, -0.2) is 4.39 Å². The fraction of sp³-hybridized carbons (Fsp3) is 0.650. The molecule has 3 aliphatic rings. The van der Waals surface area contributed by atoms with Gasteiger partial charge < -0.3 is 14.4 Å². The van der Waals surface area contributed by atoms with E-state index in [2.05, 4.69) is 0 Å². The molecule has 1 aliphatic carbocycles. The molecule has 136 valence electrons. The summed E-state index contributed by atoms with van der Waals surface area (Å²) in [7, 11) is 0. The third kappa shape index (κ3) is 4.04. The summed E-state index contributed by atoms with van der Waals surface area (Å²) in [5.41, 5.74) is 0.349. The van der Waals surface area contributed by atoms with Crippen LogP contribution in [0.3, 0.4) is 0 Å². The number of hydrogen-bond acceptors (Lipinski definition) is 3. The summed E-state index contributed by atoms with van der Waals surface area (Å²) in [4.78, 5) is 14.3. The van der Waals surface area contributed by atoms with Crippen LogP contribution in [-0.4, -0.2) is 48.8 Å². The fourth-order valence-electron chi connectivity index (χ4n) is 3.89. The lowest BCUT2D eigenvalue weighted by Crippen LogP contribution is -2.47. The number of likely N-dealkylation sites (tertiary alicyclic amines) is 1. The zero-order valence-corrected chi connectivity index (χ0v) is 14.6. The average molecular weight is 347 g/mol. The van der Waals surface area contributed by atoms with E-state index in [1.54, 1.807) is 18.2 Å². The van der Waals surface area contributed by atoms with Crippen molar-refractivity contribution < 1.29 is 18.7 Å². The van der Waals surface area contributed by atoms with Gasteiger partial charge in [-0.15, -0.1) is 0 Å². The first-order valence-electron chi connectivity index (χ1n) is 9.40. The van der Waals surface area contributed by atoms with Crippen molar-refractivity contribution >= 4 is 5.91 Å². The minimum atomic E-state index is -0.306. The van der Waals surface area contributed by atoms with Gasteiger partial charge in [-0.1, -0.05) is 18.2 Å². The molecule has 2 aliphatic heterocycles. The molecule has 2 heterocycles. The number of rotatable bonds is 5. The van der Waals surface area contributed by atoms with Gasteiger partial charge in [0.15, 0.2) is 0 Å². The predicted molar refractivity (Wildman–Crippen MR) is 91.7 cm³/mol. The molecule has 1 aromatic rings. The number of amides is 1. The number of halogens is 1. The lowest BCUT2D eigenvalue weighted by Gasteiger charge is -2.38. The summed E-state index contributed by atoms with van der Waals surface area (Å²) in [5.74, 6) is 0.466. The highest BCUT2D eigenvalue weighted by Crippen LogP contribution is 2.38. The molecule has 0 unspecified atom stereocenters. The topological polar surface area (TPSA) is 38.8 Å². The highest BCUT2D eigenvalue weighted by molar-refractivity contribution is 5.79. The van der Waals surface area contributed by atoms with Gasteiger partial charge in [0.2, 0.25) is 5.91 Å². The van der Waals surface area contributed by atoms with Crippen LogP contribution in [-0.2, 0) is 20.7 Å². The monoisotopic (exact) mass is 347 g/mol. The molecule has 25 heavy (non-hydrogen) atoms. The summed E-state index contributed by atoms with van der Waals surface area (Å²) < 4.78 is 25.8. The predicted octanol–water partition coefficient (Wildman–Crippen LogP) is 2.94. The molecule has 0 aromatic heterocycles. The molecule has 4 rings (SSSR count). The maximum atomic E-state index is 13.7. The lowest BCUT2D eigenvalue weighted by molar-refractivity contribution is -0.135. The van der Waals surface area contributed by atoms with Crippen LogP contribution in [0.2, 0.25) is 0 Å². The molecule has 5 heteroatoms. The molecule has 4 nitrogen and oxygen atoms in total. The zero-order valence-electron chi connectivity index (χ0n) is 14.6. The number of carbonyl (C=O) groups is 1. The van der Waals surface area contributed by atoms with Crippen molar-refractivity contribution in [3.63, 3.8) is 0 Å². The van der Waals surface area contributed by atoms with Crippen LogP contribution in [0.4, 0.5) is 4.39 Å².